The Morgan fingerprint density at radius 2 is 1.58 bits per heavy atom. The molecule has 0 aliphatic heterocycles. The van der Waals surface area contributed by atoms with Gasteiger partial charge in [0, 0.05) is 12.5 Å². The Morgan fingerprint density at radius 1 is 1.05 bits per heavy atom. The van der Waals surface area contributed by atoms with Gasteiger partial charge < -0.3 is 4.43 Å². The molecule has 1 aliphatic rings. The Morgan fingerprint density at radius 3 is 2.00 bits per heavy atom. The van der Waals surface area contributed by atoms with Gasteiger partial charge in [-0.1, -0.05) is 48.0 Å². The van der Waals surface area contributed by atoms with Crippen molar-refractivity contribution in [2.24, 2.45) is 5.92 Å². The van der Waals surface area contributed by atoms with Crippen molar-refractivity contribution in [2.75, 3.05) is 0 Å². The molecule has 1 fully saturated rings. The van der Waals surface area contributed by atoms with Crippen LogP contribution in [0.5, 0.6) is 0 Å². The van der Waals surface area contributed by atoms with Crippen molar-refractivity contribution in [2.45, 2.75) is 90.0 Å². The standard InChI is InChI=1S/C17H32OSi/c1-8-10-16-11-9-12-17(16)18-19(13(2)3,14(4)5)15(6)7/h1,13-17H,9-12H2,2-7H3/t16-,17-/m0/s1. The van der Waals surface area contributed by atoms with E-state index in [0.29, 0.717) is 28.6 Å². The molecule has 0 amide bonds. The van der Waals surface area contributed by atoms with E-state index < -0.39 is 8.32 Å². The molecule has 2 atom stereocenters. The maximum Gasteiger partial charge on any atom is 0.200 e. The minimum atomic E-state index is -1.73. The molecule has 0 aromatic rings. The Kier molecular flexibility index (Phi) is 6.14. The van der Waals surface area contributed by atoms with Crippen LogP contribution in [0, 0.1) is 18.3 Å². The summed E-state index contributed by atoms with van der Waals surface area (Å²) in [5.41, 5.74) is 2.00. The lowest BCUT2D eigenvalue weighted by Crippen LogP contribution is -2.50. The van der Waals surface area contributed by atoms with E-state index >= 15 is 0 Å². The molecule has 2 heteroatoms. The fraction of sp³-hybridized carbons (Fsp3) is 0.882. The van der Waals surface area contributed by atoms with Crippen LogP contribution in [-0.4, -0.2) is 14.4 Å². The zero-order valence-electron chi connectivity index (χ0n) is 13.7. The lowest BCUT2D eigenvalue weighted by molar-refractivity contribution is 0.136. The van der Waals surface area contributed by atoms with Crippen LogP contribution in [0.15, 0.2) is 0 Å². The summed E-state index contributed by atoms with van der Waals surface area (Å²) in [7, 11) is -1.73. The highest BCUT2D eigenvalue weighted by molar-refractivity contribution is 6.77. The average Bonchev–Trinajstić information content (AvgIpc) is 2.72. The third-order valence-electron chi connectivity index (χ3n) is 5.03. The summed E-state index contributed by atoms with van der Waals surface area (Å²) in [5.74, 6) is 3.45. The van der Waals surface area contributed by atoms with Crippen molar-refractivity contribution in [1.82, 2.24) is 0 Å². The second kappa shape index (κ2) is 6.95. The fourth-order valence-electron chi connectivity index (χ4n) is 4.21. The summed E-state index contributed by atoms with van der Waals surface area (Å²) in [6, 6.07) is 0. The third kappa shape index (κ3) is 3.44. The molecule has 1 saturated carbocycles. The molecule has 0 aromatic carbocycles. The van der Waals surface area contributed by atoms with Crippen LogP contribution in [0.4, 0.5) is 0 Å². The minimum absolute atomic E-state index is 0.426. The monoisotopic (exact) mass is 280 g/mol. The maximum atomic E-state index is 6.89. The van der Waals surface area contributed by atoms with Gasteiger partial charge in [-0.2, -0.15) is 0 Å². The largest absolute Gasteiger partial charge is 0.413 e. The Bertz CT molecular complexity index is 292. The minimum Gasteiger partial charge on any atom is -0.413 e. The van der Waals surface area contributed by atoms with Crippen LogP contribution in [-0.2, 0) is 4.43 Å². The SMILES string of the molecule is C#CC[C@H]1CCC[C@@H]1O[Si](C(C)C)(C(C)C)C(C)C. The summed E-state index contributed by atoms with van der Waals surface area (Å²) in [6.45, 7) is 14.2. The summed E-state index contributed by atoms with van der Waals surface area (Å²) >= 11 is 0. The normalized spacial score (nSPS) is 24.4. The molecule has 1 nitrogen and oxygen atoms in total. The third-order valence-corrected chi connectivity index (χ3v) is 11.2. The van der Waals surface area contributed by atoms with Crippen molar-refractivity contribution in [1.29, 1.82) is 0 Å². The van der Waals surface area contributed by atoms with Gasteiger partial charge in [-0.3, -0.25) is 0 Å². The number of hydrogen-bond donors (Lipinski definition) is 0. The molecule has 1 aliphatic carbocycles. The van der Waals surface area contributed by atoms with Crippen LogP contribution < -0.4 is 0 Å². The summed E-state index contributed by atoms with van der Waals surface area (Å²) < 4.78 is 6.89. The first-order valence-corrected chi connectivity index (χ1v) is 10.1. The van der Waals surface area contributed by atoms with E-state index in [9.17, 15) is 0 Å². The van der Waals surface area contributed by atoms with E-state index in [4.69, 9.17) is 10.8 Å². The van der Waals surface area contributed by atoms with Crippen molar-refractivity contribution < 1.29 is 4.43 Å². The van der Waals surface area contributed by atoms with Gasteiger partial charge in [-0.05, 0) is 35.4 Å². The Labute approximate surface area is 121 Å². The molecule has 0 heterocycles. The summed E-state index contributed by atoms with van der Waals surface area (Å²) in [5, 5.41) is 0. The quantitative estimate of drug-likeness (QED) is 0.469. The molecule has 0 spiro atoms. The van der Waals surface area contributed by atoms with Crippen molar-refractivity contribution in [3.8, 4) is 12.3 Å². The molecule has 0 radical (unpaired) electrons. The van der Waals surface area contributed by atoms with Gasteiger partial charge in [0.25, 0.3) is 0 Å². The van der Waals surface area contributed by atoms with Crippen molar-refractivity contribution in [3.05, 3.63) is 0 Å². The second-order valence-corrected chi connectivity index (χ2v) is 12.5. The molecule has 110 valence electrons. The van der Waals surface area contributed by atoms with Crippen LogP contribution in [0.25, 0.3) is 0 Å². The van der Waals surface area contributed by atoms with Gasteiger partial charge in [0.15, 0.2) is 0 Å². The van der Waals surface area contributed by atoms with E-state index in [1.165, 1.54) is 19.3 Å². The molecule has 0 saturated heterocycles. The smallest absolute Gasteiger partial charge is 0.200 e. The average molecular weight is 281 g/mol. The second-order valence-electron chi connectivity index (χ2n) is 7.07. The predicted octanol–water partition coefficient (Wildman–Crippen LogP) is 5.37. The van der Waals surface area contributed by atoms with Gasteiger partial charge in [-0.25, -0.2) is 0 Å². The van der Waals surface area contributed by atoms with Crippen LogP contribution in [0.1, 0.15) is 67.2 Å². The highest BCUT2D eigenvalue weighted by Crippen LogP contribution is 2.45. The molecule has 0 bridgehead atoms. The predicted molar refractivity (Wildman–Crippen MR) is 86.7 cm³/mol. The van der Waals surface area contributed by atoms with Gasteiger partial charge in [-0.15, -0.1) is 12.3 Å². The van der Waals surface area contributed by atoms with E-state index in [-0.39, 0.29) is 0 Å². The zero-order valence-corrected chi connectivity index (χ0v) is 14.7. The number of rotatable bonds is 6. The van der Waals surface area contributed by atoms with Gasteiger partial charge in [0.2, 0.25) is 8.32 Å². The van der Waals surface area contributed by atoms with E-state index in [1.54, 1.807) is 0 Å². The van der Waals surface area contributed by atoms with Gasteiger partial charge >= 0.3 is 0 Å². The molecule has 0 unspecified atom stereocenters. The lowest BCUT2D eigenvalue weighted by atomic mass is 10.0. The molecule has 19 heavy (non-hydrogen) atoms. The van der Waals surface area contributed by atoms with E-state index in [1.807, 2.05) is 0 Å². The van der Waals surface area contributed by atoms with E-state index in [0.717, 1.165) is 6.42 Å². The highest BCUT2D eigenvalue weighted by Gasteiger charge is 2.48. The lowest BCUT2D eigenvalue weighted by Gasteiger charge is -2.45. The maximum absolute atomic E-state index is 6.89. The Balaban J connectivity index is 2.92. The summed E-state index contributed by atoms with van der Waals surface area (Å²) in [4.78, 5) is 0. The van der Waals surface area contributed by atoms with Crippen molar-refractivity contribution >= 4 is 8.32 Å². The number of hydrogen-bond acceptors (Lipinski definition) is 1. The number of terminal acetylenes is 1. The fourth-order valence-corrected chi connectivity index (χ4v) is 9.86. The first-order chi connectivity index (χ1) is 8.86. The van der Waals surface area contributed by atoms with E-state index in [2.05, 4.69) is 47.5 Å². The molecular formula is C17H32OSi. The highest BCUT2D eigenvalue weighted by atomic mass is 28.4. The van der Waals surface area contributed by atoms with Crippen molar-refractivity contribution in [3.63, 3.8) is 0 Å². The molecule has 0 aromatic heterocycles. The first-order valence-electron chi connectivity index (χ1n) is 7.97. The van der Waals surface area contributed by atoms with Gasteiger partial charge in [0.05, 0.1) is 0 Å². The summed E-state index contributed by atoms with van der Waals surface area (Å²) in [6.07, 6.45) is 10.6. The van der Waals surface area contributed by atoms with Crippen LogP contribution in [0.3, 0.4) is 0 Å². The molecular weight excluding hydrogens is 248 g/mol. The molecule has 0 N–H and O–H groups in total. The first kappa shape index (κ1) is 16.8. The van der Waals surface area contributed by atoms with Crippen LogP contribution >= 0.6 is 0 Å². The zero-order chi connectivity index (χ0) is 14.6. The molecule has 1 rings (SSSR count). The topological polar surface area (TPSA) is 9.23 Å². The van der Waals surface area contributed by atoms with Crippen LogP contribution in [0.2, 0.25) is 16.6 Å². The Hall–Kier alpha value is -0.263. The van der Waals surface area contributed by atoms with Gasteiger partial charge in [0.1, 0.15) is 0 Å².